The maximum absolute atomic E-state index is 11.5. The zero-order valence-electron chi connectivity index (χ0n) is 14.5. The van der Waals surface area contributed by atoms with Crippen molar-refractivity contribution in [3.63, 3.8) is 0 Å². The van der Waals surface area contributed by atoms with Gasteiger partial charge in [-0.25, -0.2) is 15.0 Å². The second kappa shape index (κ2) is 7.47. The van der Waals surface area contributed by atoms with Crippen LogP contribution in [0.15, 0.2) is 23.3 Å². The van der Waals surface area contributed by atoms with Gasteiger partial charge in [0.15, 0.2) is 0 Å². The van der Waals surface area contributed by atoms with Crippen molar-refractivity contribution in [2.24, 2.45) is 0 Å². The molecule has 25 heavy (non-hydrogen) atoms. The average Bonchev–Trinajstić information content (AvgIpc) is 3.04. The largest absolute Gasteiger partial charge is 0.478 e. The van der Waals surface area contributed by atoms with E-state index in [0.29, 0.717) is 30.8 Å². The lowest BCUT2D eigenvalue weighted by Gasteiger charge is -2.24. The lowest BCUT2D eigenvalue weighted by molar-refractivity contribution is 0.247. The molecule has 0 radical (unpaired) electrons. The van der Waals surface area contributed by atoms with Gasteiger partial charge in [-0.3, -0.25) is 14.7 Å². The van der Waals surface area contributed by atoms with Crippen molar-refractivity contribution < 1.29 is 4.74 Å². The minimum atomic E-state index is -0.228. The number of nitrogens with one attached hydrogen (secondary N) is 1. The van der Waals surface area contributed by atoms with Crippen LogP contribution in [0, 0.1) is 0 Å². The molecule has 2 aromatic heterocycles. The number of aromatic nitrogens is 4. The van der Waals surface area contributed by atoms with Crippen LogP contribution < -0.4 is 20.9 Å². The summed E-state index contributed by atoms with van der Waals surface area (Å²) in [6.07, 6.45) is 2.53. The molecule has 1 unspecified atom stereocenters. The average molecular weight is 345 g/mol. The van der Waals surface area contributed by atoms with Crippen LogP contribution in [0.3, 0.4) is 0 Å². The van der Waals surface area contributed by atoms with E-state index < -0.39 is 0 Å². The molecule has 3 heterocycles. The van der Waals surface area contributed by atoms with E-state index in [0.717, 1.165) is 25.3 Å². The second-order valence-electron chi connectivity index (χ2n) is 6.07. The van der Waals surface area contributed by atoms with Gasteiger partial charge in [-0.2, -0.15) is 0 Å². The van der Waals surface area contributed by atoms with Gasteiger partial charge in [0.2, 0.25) is 11.8 Å². The summed E-state index contributed by atoms with van der Waals surface area (Å²) in [5.74, 6) is 1.61. The van der Waals surface area contributed by atoms with Gasteiger partial charge in [0.05, 0.1) is 12.3 Å². The molecule has 3 rings (SSSR count). The smallest absolute Gasteiger partial charge is 0.252 e. The molecule has 1 fully saturated rings. The first kappa shape index (κ1) is 17.2. The molecule has 0 amide bonds. The highest BCUT2D eigenvalue weighted by Crippen LogP contribution is 2.23. The van der Waals surface area contributed by atoms with Crippen molar-refractivity contribution in [2.75, 3.05) is 37.4 Å². The quantitative estimate of drug-likeness (QED) is 0.766. The second-order valence-corrected chi connectivity index (χ2v) is 6.07. The van der Waals surface area contributed by atoms with Crippen LogP contribution in [-0.4, -0.2) is 57.6 Å². The summed E-state index contributed by atoms with van der Waals surface area (Å²) in [5, 5.41) is 0. The van der Waals surface area contributed by atoms with Crippen molar-refractivity contribution in [3.8, 4) is 5.88 Å². The fraction of sp³-hybridized carbons (Fsp3) is 0.500. The minimum Gasteiger partial charge on any atom is -0.478 e. The molecule has 9 nitrogen and oxygen atoms in total. The van der Waals surface area contributed by atoms with Gasteiger partial charge in [-0.15, -0.1) is 0 Å². The number of ether oxygens (including phenoxy) is 1. The maximum atomic E-state index is 11.5. The van der Waals surface area contributed by atoms with Gasteiger partial charge in [0.1, 0.15) is 12.1 Å². The highest BCUT2D eigenvalue weighted by atomic mass is 16.5. The number of rotatable bonds is 6. The molecule has 0 aromatic carbocycles. The Hall–Kier alpha value is -2.68. The summed E-state index contributed by atoms with van der Waals surface area (Å²) in [6, 6.07) is 3.69. The van der Waals surface area contributed by atoms with E-state index >= 15 is 0 Å². The number of nitrogens with two attached hydrogens (primary N) is 1. The van der Waals surface area contributed by atoms with E-state index in [1.807, 2.05) is 20.0 Å². The molecule has 3 N–H and O–H groups in total. The van der Waals surface area contributed by atoms with E-state index in [4.69, 9.17) is 10.5 Å². The first-order valence-electron chi connectivity index (χ1n) is 8.31. The first-order valence-corrected chi connectivity index (χ1v) is 8.31. The summed E-state index contributed by atoms with van der Waals surface area (Å²) in [4.78, 5) is 31.0. The van der Waals surface area contributed by atoms with Crippen molar-refractivity contribution in [2.45, 2.75) is 25.9 Å². The summed E-state index contributed by atoms with van der Waals surface area (Å²) in [7, 11) is 2.03. The molecule has 0 spiro atoms. The van der Waals surface area contributed by atoms with Crippen molar-refractivity contribution >= 4 is 11.8 Å². The highest BCUT2D eigenvalue weighted by molar-refractivity contribution is 5.42. The summed E-state index contributed by atoms with van der Waals surface area (Å²) >= 11 is 0. The number of anilines is 2. The Labute approximate surface area is 145 Å². The Balaban J connectivity index is 1.63. The van der Waals surface area contributed by atoms with E-state index in [9.17, 15) is 4.79 Å². The maximum Gasteiger partial charge on any atom is 0.252 e. The number of aromatic amines is 1. The molecular weight excluding hydrogens is 322 g/mol. The van der Waals surface area contributed by atoms with Gasteiger partial charge in [0, 0.05) is 37.8 Å². The standard InChI is InChI=1S/C16H23N7O2/c1-3-25-15-7-13(18-10-19-15)23-5-4-12(9-23)22(2)8-11-6-14(24)21-16(17)20-11/h6-7,10,12H,3-5,8-9H2,1-2H3,(H3,17,20,21,24). The highest BCUT2D eigenvalue weighted by Gasteiger charge is 2.27. The molecule has 1 aliphatic heterocycles. The Morgan fingerprint density at radius 1 is 1.44 bits per heavy atom. The van der Waals surface area contributed by atoms with E-state index in [-0.39, 0.29) is 11.5 Å². The molecule has 0 aliphatic carbocycles. The third-order valence-corrected chi connectivity index (χ3v) is 4.25. The van der Waals surface area contributed by atoms with Crippen LogP contribution in [0.25, 0.3) is 0 Å². The number of H-pyrrole nitrogens is 1. The Morgan fingerprint density at radius 3 is 3.04 bits per heavy atom. The van der Waals surface area contributed by atoms with Crippen LogP contribution in [0.2, 0.25) is 0 Å². The lowest BCUT2D eigenvalue weighted by Crippen LogP contribution is -2.35. The van der Waals surface area contributed by atoms with E-state index in [2.05, 4.69) is 29.7 Å². The Morgan fingerprint density at radius 2 is 2.28 bits per heavy atom. The van der Waals surface area contributed by atoms with Gasteiger partial charge in [0.25, 0.3) is 5.56 Å². The fourth-order valence-electron chi connectivity index (χ4n) is 3.03. The van der Waals surface area contributed by atoms with Crippen LogP contribution in [0.4, 0.5) is 11.8 Å². The molecule has 1 aliphatic rings. The fourth-order valence-corrected chi connectivity index (χ4v) is 3.03. The van der Waals surface area contributed by atoms with Gasteiger partial charge < -0.3 is 15.4 Å². The predicted octanol–water partition coefficient (Wildman–Crippen LogP) is 0.252. The van der Waals surface area contributed by atoms with Gasteiger partial charge >= 0.3 is 0 Å². The predicted molar refractivity (Wildman–Crippen MR) is 94.6 cm³/mol. The SMILES string of the molecule is CCOc1cc(N2CCC(N(C)Cc3cc(=O)[nH]c(N)n3)C2)ncn1. The van der Waals surface area contributed by atoms with Crippen LogP contribution >= 0.6 is 0 Å². The molecule has 0 bridgehead atoms. The van der Waals surface area contributed by atoms with E-state index in [1.165, 1.54) is 12.4 Å². The zero-order chi connectivity index (χ0) is 17.8. The molecule has 2 aromatic rings. The zero-order valence-corrected chi connectivity index (χ0v) is 14.5. The van der Waals surface area contributed by atoms with Gasteiger partial charge in [-0.1, -0.05) is 0 Å². The molecule has 0 saturated carbocycles. The molecule has 9 heteroatoms. The van der Waals surface area contributed by atoms with Crippen molar-refractivity contribution in [3.05, 3.63) is 34.5 Å². The number of nitrogens with zero attached hydrogens (tertiary/aromatic N) is 5. The molecule has 1 saturated heterocycles. The third-order valence-electron chi connectivity index (χ3n) is 4.25. The van der Waals surface area contributed by atoms with Crippen LogP contribution in [-0.2, 0) is 6.54 Å². The normalized spacial score (nSPS) is 17.2. The van der Waals surface area contributed by atoms with Gasteiger partial charge in [-0.05, 0) is 20.4 Å². The summed E-state index contributed by atoms with van der Waals surface area (Å²) < 4.78 is 5.44. The molecule has 1 atom stereocenters. The molecular formula is C16H23N7O2. The summed E-state index contributed by atoms with van der Waals surface area (Å²) in [6.45, 7) is 4.83. The van der Waals surface area contributed by atoms with Crippen molar-refractivity contribution in [1.82, 2.24) is 24.8 Å². The molecule has 134 valence electrons. The van der Waals surface area contributed by atoms with Crippen LogP contribution in [0.5, 0.6) is 5.88 Å². The third kappa shape index (κ3) is 4.24. The Bertz CT molecular complexity index is 779. The Kier molecular flexibility index (Phi) is 5.13. The monoisotopic (exact) mass is 345 g/mol. The summed E-state index contributed by atoms with van der Waals surface area (Å²) in [5.41, 5.74) is 6.05. The lowest BCUT2D eigenvalue weighted by atomic mass is 10.2. The number of hydrogen-bond acceptors (Lipinski definition) is 8. The van der Waals surface area contributed by atoms with Crippen LogP contribution in [0.1, 0.15) is 19.0 Å². The van der Waals surface area contributed by atoms with Crippen molar-refractivity contribution in [1.29, 1.82) is 0 Å². The van der Waals surface area contributed by atoms with E-state index in [1.54, 1.807) is 0 Å². The number of nitrogen functional groups attached to an aromatic ring is 1. The first-order chi connectivity index (χ1) is 12.0. The minimum absolute atomic E-state index is 0.147. The number of hydrogen-bond donors (Lipinski definition) is 2. The number of likely N-dealkylation sites (N-methyl/N-ethyl adjacent to an activating group) is 1. The topological polar surface area (TPSA) is 113 Å².